The lowest BCUT2D eigenvalue weighted by atomic mass is 9.82. The van der Waals surface area contributed by atoms with Gasteiger partial charge in [0, 0.05) is 24.0 Å². The maximum atomic E-state index is 15.6. The number of nitrogens with one attached hydrogen (secondary N) is 2. The van der Waals surface area contributed by atoms with E-state index < -0.39 is 56.7 Å². The van der Waals surface area contributed by atoms with Crippen LogP contribution in [0.4, 0.5) is 14.9 Å². The van der Waals surface area contributed by atoms with Gasteiger partial charge in [-0.05, 0) is 103 Å². The molecule has 266 valence electrons. The van der Waals surface area contributed by atoms with Crippen LogP contribution in [0.25, 0.3) is 0 Å². The second kappa shape index (κ2) is 15.2. The molecule has 2 aliphatic rings. The van der Waals surface area contributed by atoms with Crippen molar-refractivity contribution in [3.8, 4) is 0 Å². The fraction of sp³-hybridized carbons (Fsp3) is 0.500. The molecule has 2 fully saturated rings. The highest BCUT2D eigenvalue weighted by Crippen LogP contribution is 2.43. The molecule has 49 heavy (non-hydrogen) atoms. The summed E-state index contributed by atoms with van der Waals surface area (Å²) in [6, 6.07) is 8.76. The molecule has 1 aliphatic carbocycles. The van der Waals surface area contributed by atoms with E-state index in [1.54, 1.807) is 63.4 Å². The summed E-state index contributed by atoms with van der Waals surface area (Å²) in [7, 11) is 0. The second-order valence-electron chi connectivity index (χ2n) is 15.0. The van der Waals surface area contributed by atoms with Crippen molar-refractivity contribution >= 4 is 29.0 Å². The number of rotatable bonds is 12. The first-order valence-corrected chi connectivity index (χ1v) is 18.0. The molecule has 1 aliphatic heterocycles. The number of pyridine rings is 1. The number of amides is 2. The molecule has 4 rings (SSSR count). The molecule has 1 saturated carbocycles. The lowest BCUT2D eigenvalue weighted by Gasteiger charge is -2.38. The highest BCUT2D eigenvalue weighted by Gasteiger charge is 2.50. The van der Waals surface area contributed by atoms with Crippen LogP contribution in [0.1, 0.15) is 91.8 Å². The number of ether oxygens (including phenoxy) is 1. The number of carbonyl (C=O) groups is 2. The number of likely N-dealkylation sites (tertiary alicyclic amines) is 1. The molecule has 3 N–H and O–H groups in total. The van der Waals surface area contributed by atoms with Crippen molar-refractivity contribution in [2.45, 2.75) is 108 Å². The average molecular weight is 695 g/mol. The van der Waals surface area contributed by atoms with Crippen LogP contribution in [0.2, 0.25) is 0 Å². The van der Waals surface area contributed by atoms with Gasteiger partial charge in [-0.25, -0.2) is 9.18 Å². The highest BCUT2D eigenvalue weighted by atomic mass is 32.2. The molecule has 4 atom stereocenters. The number of hydrogen-bond donors (Lipinski definition) is 3. The van der Waals surface area contributed by atoms with Crippen LogP contribution in [0, 0.1) is 11.7 Å². The largest absolute Gasteiger partial charge is 0.598 e. The molecule has 1 aromatic carbocycles. The minimum atomic E-state index is -1.63. The Morgan fingerprint density at radius 2 is 1.90 bits per heavy atom. The van der Waals surface area contributed by atoms with Crippen molar-refractivity contribution < 1.29 is 28.4 Å². The summed E-state index contributed by atoms with van der Waals surface area (Å²) in [6.07, 6.45) is 11.3. The molecule has 11 heteroatoms. The normalized spacial score (nSPS) is 21.9. The number of aromatic nitrogens is 1. The maximum absolute atomic E-state index is 15.6. The highest BCUT2D eigenvalue weighted by molar-refractivity contribution is 7.90. The molecule has 0 spiro atoms. The first kappa shape index (κ1) is 38.3. The van der Waals surface area contributed by atoms with E-state index in [-0.39, 0.29) is 18.7 Å². The molecule has 2 heterocycles. The van der Waals surface area contributed by atoms with E-state index in [2.05, 4.69) is 21.6 Å². The number of aliphatic hydroxyl groups is 1. The summed E-state index contributed by atoms with van der Waals surface area (Å²) in [5.74, 6) is -0.854. The van der Waals surface area contributed by atoms with E-state index in [0.717, 1.165) is 19.3 Å². The first-order chi connectivity index (χ1) is 22.9. The van der Waals surface area contributed by atoms with E-state index in [9.17, 15) is 19.2 Å². The van der Waals surface area contributed by atoms with Gasteiger partial charge in [-0.1, -0.05) is 55.9 Å². The molecular formula is C38H51FN4O5S. The van der Waals surface area contributed by atoms with Gasteiger partial charge in [-0.2, -0.15) is 0 Å². The predicted octanol–water partition coefficient (Wildman–Crippen LogP) is 7.07. The zero-order chi connectivity index (χ0) is 36.2. The van der Waals surface area contributed by atoms with Crippen molar-refractivity contribution in [2.75, 3.05) is 11.9 Å². The summed E-state index contributed by atoms with van der Waals surface area (Å²) in [4.78, 5) is 33.2. The summed E-state index contributed by atoms with van der Waals surface area (Å²) in [5, 5.41) is 14.3. The number of halogens is 1. The molecule has 1 saturated heterocycles. The quantitative estimate of drug-likeness (QED) is 0.160. The van der Waals surface area contributed by atoms with Gasteiger partial charge in [0.05, 0.1) is 17.9 Å². The Morgan fingerprint density at radius 1 is 1.18 bits per heavy atom. The van der Waals surface area contributed by atoms with Crippen molar-refractivity contribution in [1.82, 2.24) is 14.6 Å². The van der Waals surface area contributed by atoms with Crippen LogP contribution in [0.15, 0.2) is 79.1 Å². The Bertz CT molecular complexity index is 1570. The Balaban J connectivity index is 1.73. The van der Waals surface area contributed by atoms with Crippen LogP contribution in [-0.2, 0) is 26.4 Å². The van der Waals surface area contributed by atoms with E-state index in [0.29, 0.717) is 29.2 Å². The topological polar surface area (TPSA) is 127 Å². The van der Waals surface area contributed by atoms with Crippen LogP contribution in [0.5, 0.6) is 0 Å². The monoisotopic (exact) mass is 694 g/mol. The molecule has 2 unspecified atom stereocenters. The van der Waals surface area contributed by atoms with Crippen LogP contribution < -0.4 is 10.0 Å². The molecule has 1 aromatic heterocycles. The third kappa shape index (κ3) is 9.60. The summed E-state index contributed by atoms with van der Waals surface area (Å²) in [6.45, 7) is 16.4. The zero-order valence-electron chi connectivity index (χ0n) is 29.7. The van der Waals surface area contributed by atoms with E-state index >= 15 is 4.39 Å². The fourth-order valence-corrected chi connectivity index (χ4v) is 6.69. The predicted molar refractivity (Wildman–Crippen MR) is 192 cm³/mol. The van der Waals surface area contributed by atoms with Crippen molar-refractivity contribution in [3.05, 3.63) is 96.1 Å². The van der Waals surface area contributed by atoms with E-state index in [1.165, 1.54) is 11.0 Å². The Morgan fingerprint density at radius 3 is 2.49 bits per heavy atom. The van der Waals surface area contributed by atoms with Gasteiger partial charge >= 0.3 is 6.09 Å². The number of benzene rings is 1. The van der Waals surface area contributed by atoms with E-state index in [4.69, 9.17) is 4.74 Å². The maximum Gasteiger partial charge on any atom is 0.411 e. The number of allylic oxidation sites excluding steroid dienone is 3. The summed E-state index contributed by atoms with van der Waals surface area (Å²) in [5.41, 5.74) is -2.16. The lowest BCUT2D eigenvalue weighted by molar-refractivity contribution is -0.120. The molecular weight excluding hydrogens is 644 g/mol. The number of carbonyl (C=O) groups excluding carboxylic acids is 2. The number of anilines is 1. The minimum Gasteiger partial charge on any atom is -0.598 e. The van der Waals surface area contributed by atoms with Crippen LogP contribution in [-0.4, -0.2) is 60.1 Å². The second-order valence-corrected chi connectivity index (χ2v) is 17.0. The van der Waals surface area contributed by atoms with Gasteiger partial charge in [0.1, 0.15) is 33.3 Å². The van der Waals surface area contributed by atoms with E-state index in [1.807, 2.05) is 45.9 Å². The van der Waals surface area contributed by atoms with Crippen molar-refractivity contribution in [3.63, 3.8) is 0 Å². The fourth-order valence-electron chi connectivity index (χ4n) is 5.74. The molecule has 0 radical (unpaired) electrons. The van der Waals surface area contributed by atoms with Gasteiger partial charge < -0.3 is 19.7 Å². The van der Waals surface area contributed by atoms with Gasteiger partial charge in [-0.3, -0.25) is 14.7 Å². The Labute approximate surface area is 293 Å². The standard InChI is InChI=1S/C38H51FN4O5S/c1-9-10-11-14-26(2)37(46)24-31(43(25-37)34(45)48-35(3,4)5)33(44)41-30-23-28(18-19-29(30)39)38(21-20-27-16-17-27,32-15-12-13-22-40-32)42-49(47)36(6,7)8/h9-15,18-19,22-23,27,31,42,46H,2,16-17,20-21,24-25H2,1,3-8H3,(H,41,44)/b10-9-,14-11-/t31-,37-,38?,49?/m1/s1. The first-order valence-electron chi connectivity index (χ1n) is 16.8. The van der Waals surface area contributed by atoms with Gasteiger partial charge in [-0.15, -0.1) is 4.72 Å². The van der Waals surface area contributed by atoms with Crippen LogP contribution in [0.3, 0.4) is 0 Å². The lowest BCUT2D eigenvalue weighted by Crippen LogP contribution is -2.52. The average Bonchev–Trinajstić information content (AvgIpc) is 3.78. The SMILES string of the molecule is C=C(/C=C\C=C/C)[C@@]1(O)C[C@H](C(=O)Nc2cc(C(CCC3CC3)(N[S+]([O-])C(C)(C)C)c3ccccn3)ccc2F)N(C(=O)OC(C)(C)C)C1. The number of β-amino-alcohol motifs (C(OH)–C–C–N with tert-alkyl or cyclic N) is 1. The smallest absolute Gasteiger partial charge is 0.411 e. The minimum absolute atomic E-state index is 0.121. The Hall–Kier alpha value is -3.51. The third-order valence-corrected chi connectivity index (χ3v) is 10.4. The zero-order valence-corrected chi connectivity index (χ0v) is 30.5. The van der Waals surface area contributed by atoms with Crippen molar-refractivity contribution in [2.24, 2.45) is 5.92 Å². The van der Waals surface area contributed by atoms with Crippen molar-refractivity contribution in [1.29, 1.82) is 0 Å². The number of nitrogens with zero attached hydrogens (tertiary/aromatic N) is 2. The van der Waals surface area contributed by atoms with Gasteiger partial charge in [0.25, 0.3) is 0 Å². The summed E-state index contributed by atoms with van der Waals surface area (Å²) < 4.78 is 37.7. The Kier molecular flexibility index (Phi) is 11.9. The van der Waals surface area contributed by atoms with Gasteiger partial charge in [0.2, 0.25) is 5.91 Å². The molecule has 9 nitrogen and oxygen atoms in total. The molecule has 2 aromatic rings. The van der Waals surface area contributed by atoms with Gasteiger partial charge in [0.15, 0.2) is 0 Å². The third-order valence-electron chi connectivity index (χ3n) is 8.74. The summed E-state index contributed by atoms with van der Waals surface area (Å²) >= 11 is -1.54. The number of hydrogen-bond acceptors (Lipinski definition) is 7. The molecule has 0 bridgehead atoms. The molecule has 2 amide bonds. The van der Waals surface area contributed by atoms with Crippen LogP contribution >= 0.6 is 0 Å².